The number of aryl methyl sites for hydroxylation is 1. The van der Waals surface area contributed by atoms with E-state index in [-0.39, 0.29) is 5.91 Å². The van der Waals surface area contributed by atoms with E-state index in [1.807, 2.05) is 17.5 Å². The van der Waals surface area contributed by atoms with Gasteiger partial charge in [-0.05, 0) is 47.9 Å². The lowest BCUT2D eigenvalue weighted by Crippen LogP contribution is -2.27. The molecule has 0 saturated carbocycles. The molecule has 0 radical (unpaired) electrons. The second-order valence-corrected chi connectivity index (χ2v) is 6.88. The summed E-state index contributed by atoms with van der Waals surface area (Å²) in [6.45, 7) is 1.85. The Bertz CT molecular complexity index is 637. The number of nitrogens with one attached hydrogen (secondary N) is 1. The number of carbonyl (C=O) groups excluding carboxylic acids is 1. The highest BCUT2D eigenvalue weighted by Crippen LogP contribution is 2.26. The lowest BCUT2D eigenvalue weighted by molar-refractivity contribution is -0.120. The topological polar surface area (TPSA) is 32.3 Å². The van der Waals surface area contributed by atoms with Crippen LogP contribution >= 0.6 is 11.3 Å². The molecule has 0 atom stereocenters. The SMILES string of the molecule is CN1CCCc2cc(CCNC(=O)Cc3cccs3)ccc21. The molecular weight excluding hydrogens is 292 g/mol. The van der Waals surface area contributed by atoms with Crippen molar-refractivity contribution >= 4 is 22.9 Å². The van der Waals surface area contributed by atoms with E-state index >= 15 is 0 Å². The summed E-state index contributed by atoms with van der Waals surface area (Å²) >= 11 is 1.63. The number of amides is 1. The van der Waals surface area contributed by atoms with Crippen LogP contribution in [0.4, 0.5) is 5.69 Å². The molecule has 1 aromatic heterocycles. The molecule has 1 aliphatic rings. The second kappa shape index (κ2) is 6.97. The van der Waals surface area contributed by atoms with Crippen LogP contribution in [0.5, 0.6) is 0 Å². The van der Waals surface area contributed by atoms with E-state index in [2.05, 4.69) is 35.5 Å². The fourth-order valence-corrected chi connectivity index (χ4v) is 3.68. The van der Waals surface area contributed by atoms with Crippen LogP contribution in [0.2, 0.25) is 0 Å². The molecule has 3 rings (SSSR count). The smallest absolute Gasteiger partial charge is 0.225 e. The zero-order valence-corrected chi connectivity index (χ0v) is 13.8. The van der Waals surface area contributed by atoms with Crippen molar-refractivity contribution < 1.29 is 4.79 Å². The van der Waals surface area contributed by atoms with E-state index < -0.39 is 0 Å². The van der Waals surface area contributed by atoms with Crippen LogP contribution in [-0.4, -0.2) is 26.0 Å². The summed E-state index contributed by atoms with van der Waals surface area (Å²) in [5.74, 6) is 0.111. The molecule has 2 heterocycles. The van der Waals surface area contributed by atoms with Gasteiger partial charge in [-0.15, -0.1) is 11.3 Å². The fourth-order valence-electron chi connectivity index (χ4n) is 2.97. The zero-order chi connectivity index (χ0) is 15.4. The second-order valence-electron chi connectivity index (χ2n) is 5.84. The molecule has 2 aromatic rings. The maximum absolute atomic E-state index is 11.9. The van der Waals surface area contributed by atoms with Gasteiger partial charge in [-0.3, -0.25) is 4.79 Å². The van der Waals surface area contributed by atoms with Crippen molar-refractivity contribution in [2.45, 2.75) is 25.7 Å². The summed E-state index contributed by atoms with van der Waals surface area (Å²) in [6, 6.07) is 10.7. The number of hydrogen-bond donors (Lipinski definition) is 1. The standard InChI is InChI=1S/C18H22N2OS/c1-20-10-2-4-15-12-14(6-7-17(15)20)8-9-19-18(21)13-16-5-3-11-22-16/h3,5-7,11-12H,2,4,8-10,13H2,1H3,(H,19,21). The number of carbonyl (C=O) groups is 1. The van der Waals surface area contributed by atoms with E-state index in [0.29, 0.717) is 13.0 Å². The number of anilines is 1. The molecule has 0 fully saturated rings. The van der Waals surface area contributed by atoms with Gasteiger partial charge in [0, 0.05) is 30.7 Å². The minimum absolute atomic E-state index is 0.111. The van der Waals surface area contributed by atoms with Crippen LogP contribution in [0, 0.1) is 0 Å². The number of benzene rings is 1. The van der Waals surface area contributed by atoms with Crippen molar-refractivity contribution in [3.05, 3.63) is 51.7 Å². The van der Waals surface area contributed by atoms with Gasteiger partial charge in [0.2, 0.25) is 5.91 Å². The summed E-state index contributed by atoms with van der Waals surface area (Å²) in [4.78, 5) is 15.3. The maximum Gasteiger partial charge on any atom is 0.225 e. The lowest BCUT2D eigenvalue weighted by Gasteiger charge is -2.27. The van der Waals surface area contributed by atoms with Gasteiger partial charge < -0.3 is 10.2 Å². The Hall–Kier alpha value is -1.81. The average molecular weight is 314 g/mol. The van der Waals surface area contributed by atoms with E-state index in [1.165, 1.54) is 23.2 Å². The van der Waals surface area contributed by atoms with Gasteiger partial charge >= 0.3 is 0 Å². The third kappa shape index (κ3) is 3.69. The lowest BCUT2D eigenvalue weighted by atomic mass is 9.98. The summed E-state index contributed by atoms with van der Waals surface area (Å²) in [5.41, 5.74) is 4.11. The Balaban J connectivity index is 1.50. The Morgan fingerprint density at radius 2 is 2.27 bits per heavy atom. The van der Waals surface area contributed by atoms with Gasteiger partial charge in [0.15, 0.2) is 0 Å². The van der Waals surface area contributed by atoms with Gasteiger partial charge in [0.05, 0.1) is 6.42 Å². The predicted octanol–water partition coefficient (Wildman–Crippen LogP) is 3.03. The fraction of sp³-hybridized carbons (Fsp3) is 0.389. The molecule has 0 unspecified atom stereocenters. The maximum atomic E-state index is 11.9. The van der Waals surface area contributed by atoms with Crippen molar-refractivity contribution in [1.82, 2.24) is 5.32 Å². The first-order valence-corrected chi connectivity index (χ1v) is 8.72. The quantitative estimate of drug-likeness (QED) is 0.920. The van der Waals surface area contributed by atoms with Gasteiger partial charge in [-0.1, -0.05) is 18.2 Å². The summed E-state index contributed by atoms with van der Waals surface area (Å²) < 4.78 is 0. The van der Waals surface area contributed by atoms with E-state index in [1.54, 1.807) is 11.3 Å². The molecule has 3 nitrogen and oxygen atoms in total. The third-order valence-corrected chi connectivity index (χ3v) is 5.02. The van der Waals surface area contributed by atoms with Gasteiger partial charge in [0.25, 0.3) is 0 Å². The molecule has 1 N–H and O–H groups in total. The molecule has 0 saturated heterocycles. The van der Waals surface area contributed by atoms with Crippen molar-refractivity contribution in [2.24, 2.45) is 0 Å². The predicted molar refractivity (Wildman–Crippen MR) is 92.8 cm³/mol. The van der Waals surface area contributed by atoms with Crippen LogP contribution in [0.15, 0.2) is 35.7 Å². The van der Waals surface area contributed by atoms with Crippen LogP contribution in [0.3, 0.4) is 0 Å². The highest BCUT2D eigenvalue weighted by atomic mass is 32.1. The summed E-state index contributed by atoms with van der Waals surface area (Å²) in [5, 5.41) is 5.02. The van der Waals surface area contributed by atoms with Crippen molar-refractivity contribution in [3.8, 4) is 0 Å². The van der Waals surface area contributed by atoms with Crippen molar-refractivity contribution in [1.29, 1.82) is 0 Å². The third-order valence-electron chi connectivity index (χ3n) is 4.15. The zero-order valence-electron chi connectivity index (χ0n) is 13.0. The average Bonchev–Trinajstić information content (AvgIpc) is 3.00. The number of thiophene rings is 1. The molecule has 1 aliphatic heterocycles. The number of rotatable bonds is 5. The van der Waals surface area contributed by atoms with Crippen LogP contribution < -0.4 is 10.2 Å². The number of hydrogen-bond acceptors (Lipinski definition) is 3. The first-order chi connectivity index (χ1) is 10.7. The van der Waals surface area contributed by atoms with E-state index in [4.69, 9.17) is 0 Å². The molecule has 0 spiro atoms. The molecule has 4 heteroatoms. The van der Waals surface area contributed by atoms with Gasteiger partial charge in [0.1, 0.15) is 0 Å². The normalized spacial score (nSPS) is 13.8. The summed E-state index contributed by atoms with van der Waals surface area (Å²) in [6.07, 6.45) is 3.78. The van der Waals surface area contributed by atoms with Crippen molar-refractivity contribution in [3.63, 3.8) is 0 Å². The van der Waals surface area contributed by atoms with Crippen molar-refractivity contribution in [2.75, 3.05) is 25.0 Å². The van der Waals surface area contributed by atoms with Crippen LogP contribution in [0.25, 0.3) is 0 Å². The highest BCUT2D eigenvalue weighted by Gasteiger charge is 2.13. The Kier molecular flexibility index (Phi) is 4.78. The first kappa shape index (κ1) is 15.1. The monoisotopic (exact) mass is 314 g/mol. The van der Waals surface area contributed by atoms with Gasteiger partial charge in [-0.25, -0.2) is 0 Å². The molecule has 1 aromatic carbocycles. The minimum atomic E-state index is 0.111. The Morgan fingerprint density at radius 3 is 3.09 bits per heavy atom. The van der Waals surface area contributed by atoms with Crippen LogP contribution in [0.1, 0.15) is 22.4 Å². The molecule has 0 aliphatic carbocycles. The molecular formula is C18H22N2OS. The molecule has 22 heavy (non-hydrogen) atoms. The van der Waals surface area contributed by atoms with Gasteiger partial charge in [-0.2, -0.15) is 0 Å². The van der Waals surface area contributed by atoms with Crippen LogP contribution in [-0.2, 0) is 24.1 Å². The minimum Gasteiger partial charge on any atom is -0.374 e. The Labute approximate surface area is 136 Å². The first-order valence-electron chi connectivity index (χ1n) is 7.84. The van der Waals surface area contributed by atoms with E-state index in [9.17, 15) is 4.79 Å². The number of nitrogens with zero attached hydrogens (tertiary/aromatic N) is 1. The molecule has 1 amide bonds. The summed E-state index contributed by atoms with van der Waals surface area (Å²) in [7, 11) is 2.16. The largest absolute Gasteiger partial charge is 0.374 e. The molecule has 116 valence electrons. The van der Waals surface area contributed by atoms with E-state index in [0.717, 1.165) is 24.3 Å². The number of fused-ring (bicyclic) bond motifs is 1. The highest BCUT2D eigenvalue weighted by molar-refractivity contribution is 7.10. The Morgan fingerprint density at radius 1 is 1.36 bits per heavy atom. The molecule has 0 bridgehead atoms.